The summed E-state index contributed by atoms with van der Waals surface area (Å²) in [6, 6.07) is 2.14. The number of carbonyl (C=O) groups excluding carboxylic acids is 1. The highest BCUT2D eigenvalue weighted by Crippen LogP contribution is 2.33. The van der Waals surface area contributed by atoms with E-state index in [-0.39, 0.29) is 5.91 Å². The molecule has 1 aliphatic heterocycles. The van der Waals surface area contributed by atoms with Crippen LogP contribution in [-0.4, -0.2) is 27.3 Å². The van der Waals surface area contributed by atoms with Gasteiger partial charge in [-0.3, -0.25) is 4.79 Å². The van der Waals surface area contributed by atoms with Gasteiger partial charge >= 0.3 is 0 Å². The lowest BCUT2D eigenvalue weighted by molar-refractivity contribution is 0.0740. The smallest absolute Gasteiger partial charge is 0.264 e. The van der Waals surface area contributed by atoms with Gasteiger partial charge in [0.25, 0.3) is 5.91 Å². The Kier molecular flexibility index (Phi) is 3.89. The van der Waals surface area contributed by atoms with Crippen LogP contribution in [0.25, 0.3) is 10.2 Å². The maximum Gasteiger partial charge on any atom is 0.264 e. The molecule has 124 valence electrons. The lowest BCUT2D eigenvalue weighted by Crippen LogP contribution is -2.35. The molecule has 0 unspecified atom stereocenters. The first-order valence-corrected chi connectivity index (χ1v) is 9.89. The molecule has 0 N–H and O–H groups in total. The number of hydrogen-bond acceptors (Lipinski definition) is 5. The maximum absolute atomic E-state index is 13.1. The fraction of sp³-hybridized carbons (Fsp3) is 0.389. The quantitative estimate of drug-likeness (QED) is 0.693. The Morgan fingerprint density at radius 2 is 2.17 bits per heavy atom. The molecule has 24 heavy (non-hydrogen) atoms. The molecule has 0 aromatic carbocycles. The summed E-state index contributed by atoms with van der Waals surface area (Å²) in [5, 5.41) is 3.17. The number of amides is 1. The van der Waals surface area contributed by atoms with E-state index in [9.17, 15) is 4.79 Å². The van der Waals surface area contributed by atoms with Crippen LogP contribution >= 0.6 is 22.7 Å². The second-order valence-corrected chi connectivity index (χ2v) is 8.16. The molecule has 4 nitrogen and oxygen atoms in total. The number of rotatable bonds is 2. The van der Waals surface area contributed by atoms with E-state index < -0.39 is 0 Å². The Morgan fingerprint density at radius 3 is 2.96 bits per heavy atom. The summed E-state index contributed by atoms with van der Waals surface area (Å²) in [7, 11) is 0. The second-order valence-electron chi connectivity index (χ2n) is 6.16. The van der Waals surface area contributed by atoms with Crippen LogP contribution in [0.3, 0.4) is 0 Å². The first-order valence-electron chi connectivity index (χ1n) is 8.19. The molecule has 0 spiro atoms. The predicted molar refractivity (Wildman–Crippen MR) is 99.0 cm³/mol. The molecule has 0 atom stereocenters. The minimum Gasteiger partial charge on any atom is -0.333 e. The Bertz CT molecular complexity index is 941. The molecule has 0 bridgehead atoms. The van der Waals surface area contributed by atoms with Gasteiger partial charge in [-0.1, -0.05) is 6.92 Å². The third kappa shape index (κ3) is 2.45. The van der Waals surface area contributed by atoms with Crippen LogP contribution in [0, 0.1) is 13.8 Å². The first-order chi connectivity index (χ1) is 11.6. The molecule has 4 heterocycles. The van der Waals surface area contributed by atoms with Gasteiger partial charge in [-0.15, -0.1) is 22.7 Å². The van der Waals surface area contributed by atoms with Crippen LogP contribution in [0.2, 0.25) is 0 Å². The molecule has 0 saturated carbocycles. The molecule has 0 aliphatic carbocycles. The van der Waals surface area contributed by atoms with Crippen molar-refractivity contribution < 1.29 is 4.79 Å². The van der Waals surface area contributed by atoms with Crippen molar-refractivity contribution in [1.29, 1.82) is 0 Å². The van der Waals surface area contributed by atoms with Crippen LogP contribution < -0.4 is 0 Å². The van der Waals surface area contributed by atoms with E-state index in [1.165, 1.54) is 21.8 Å². The average Bonchev–Trinajstić information content (AvgIpc) is 3.17. The standard InChI is InChI=1S/C18H19N3OS2/c1-4-14-19-11(3)15-10(2)16(24-17(15)20-14)18(22)21-7-5-13-12(9-21)6-8-23-13/h6,8H,4-5,7,9H2,1-3H3. The van der Waals surface area contributed by atoms with Crippen LogP contribution in [0.5, 0.6) is 0 Å². The summed E-state index contributed by atoms with van der Waals surface area (Å²) in [5.74, 6) is 0.978. The average molecular weight is 358 g/mol. The van der Waals surface area contributed by atoms with Gasteiger partial charge < -0.3 is 4.90 Å². The van der Waals surface area contributed by atoms with Gasteiger partial charge in [0, 0.05) is 35.5 Å². The summed E-state index contributed by atoms with van der Waals surface area (Å²) < 4.78 is 0. The van der Waals surface area contributed by atoms with E-state index in [1.54, 1.807) is 11.3 Å². The summed E-state index contributed by atoms with van der Waals surface area (Å²) in [4.78, 5) is 27.4. The normalized spacial score (nSPS) is 14.2. The van der Waals surface area contributed by atoms with Crippen LogP contribution in [0.4, 0.5) is 0 Å². The molecule has 0 fully saturated rings. The molecule has 3 aromatic heterocycles. The van der Waals surface area contributed by atoms with Gasteiger partial charge in [-0.25, -0.2) is 9.97 Å². The van der Waals surface area contributed by atoms with Crippen molar-refractivity contribution in [2.75, 3.05) is 6.54 Å². The molecule has 4 rings (SSSR count). The van der Waals surface area contributed by atoms with E-state index in [2.05, 4.69) is 28.3 Å². The number of fused-ring (bicyclic) bond motifs is 2. The van der Waals surface area contributed by atoms with Crippen LogP contribution in [0.15, 0.2) is 11.4 Å². The lowest BCUT2D eigenvalue weighted by atomic mass is 10.1. The van der Waals surface area contributed by atoms with Gasteiger partial charge in [-0.2, -0.15) is 0 Å². The zero-order chi connectivity index (χ0) is 16.8. The fourth-order valence-corrected chi connectivity index (χ4v) is 5.43. The van der Waals surface area contributed by atoms with Crippen molar-refractivity contribution in [1.82, 2.24) is 14.9 Å². The van der Waals surface area contributed by atoms with Crippen LogP contribution in [0.1, 0.15) is 44.1 Å². The zero-order valence-corrected chi connectivity index (χ0v) is 15.7. The van der Waals surface area contributed by atoms with Gasteiger partial charge in [0.15, 0.2) is 0 Å². The minimum atomic E-state index is 0.129. The molecule has 1 aliphatic rings. The summed E-state index contributed by atoms with van der Waals surface area (Å²) >= 11 is 3.31. The molecular weight excluding hydrogens is 338 g/mol. The number of hydrogen-bond donors (Lipinski definition) is 0. The summed E-state index contributed by atoms with van der Waals surface area (Å²) in [6.45, 7) is 7.60. The monoisotopic (exact) mass is 357 g/mol. The Labute approximate surface area is 149 Å². The number of nitrogens with zero attached hydrogens (tertiary/aromatic N) is 3. The number of aromatic nitrogens is 2. The lowest BCUT2D eigenvalue weighted by Gasteiger charge is -2.26. The largest absolute Gasteiger partial charge is 0.333 e. The highest BCUT2D eigenvalue weighted by Gasteiger charge is 2.26. The van der Waals surface area contributed by atoms with Gasteiger partial charge in [0.05, 0.1) is 4.88 Å². The van der Waals surface area contributed by atoms with Crippen molar-refractivity contribution in [3.63, 3.8) is 0 Å². The third-order valence-electron chi connectivity index (χ3n) is 4.62. The maximum atomic E-state index is 13.1. The molecule has 0 radical (unpaired) electrons. The number of carbonyl (C=O) groups is 1. The van der Waals surface area contributed by atoms with E-state index in [0.29, 0.717) is 0 Å². The van der Waals surface area contributed by atoms with Gasteiger partial charge in [-0.05, 0) is 42.8 Å². The van der Waals surface area contributed by atoms with Crippen molar-refractivity contribution in [2.24, 2.45) is 0 Å². The predicted octanol–water partition coefficient (Wildman–Crippen LogP) is 4.13. The van der Waals surface area contributed by atoms with E-state index in [0.717, 1.165) is 58.1 Å². The first kappa shape index (κ1) is 15.7. The fourth-order valence-electron chi connectivity index (χ4n) is 3.32. The second kappa shape index (κ2) is 5.93. The number of aryl methyl sites for hydroxylation is 3. The summed E-state index contributed by atoms with van der Waals surface area (Å²) in [5.41, 5.74) is 3.29. The van der Waals surface area contributed by atoms with Gasteiger partial charge in [0.2, 0.25) is 0 Å². The van der Waals surface area contributed by atoms with Crippen molar-refractivity contribution >= 4 is 38.8 Å². The van der Waals surface area contributed by atoms with E-state index >= 15 is 0 Å². The zero-order valence-electron chi connectivity index (χ0n) is 14.0. The van der Waals surface area contributed by atoms with Crippen LogP contribution in [-0.2, 0) is 19.4 Å². The number of thiophene rings is 2. The molecular formula is C18H19N3OS2. The summed E-state index contributed by atoms with van der Waals surface area (Å²) in [6.07, 6.45) is 1.77. The van der Waals surface area contributed by atoms with Crippen molar-refractivity contribution in [2.45, 2.75) is 40.2 Å². The van der Waals surface area contributed by atoms with Crippen molar-refractivity contribution in [3.8, 4) is 0 Å². The Hall–Kier alpha value is -1.79. The molecule has 0 saturated heterocycles. The van der Waals surface area contributed by atoms with E-state index in [4.69, 9.17) is 0 Å². The molecule has 3 aromatic rings. The van der Waals surface area contributed by atoms with Gasteiger partial charge in [0.1, 0.15) is 10.7 Å². The van der Waals surface area contributed by atoms with Crippen molar-refractivity contribution in [3.05, 3.63) is 43.8 Å². The molecule has 1 amide bonds. The Balaban J connectivity index is 1.73. The third-order valence-corrected chi connectivity index (χ3v) is 6.82. The topological polar surface area (TPSA) is 46.1 Å². The highest BCUT2D eigenvalue weighted by atomic mass is 32.1. The Morgan fingerprint density at radius 1 is 1.33 bits per heavy atom. The minimum absolute atomic E-state index is 0.129. The molecule has 6 heteroatoms. The van der Waals surface area contributed by atoms with E-state index in [1.807, 2.05) is 18.7 Å². The highest BCUT2D eigenvalue weighted by molar-refractivity contribution is 7.20. The SMILES string of the molecule is CCc1nc(C)c2c(C)c(C(=O)N3CCc4sccc4C3)sc2n1.